The van der Waals surface area contributed by atoms with Crippen LogP contribution in [0.5, 0.6) is 23.0 Å². The summed E-state index contributed by atoms with van der Waals surface area (Å²) in [5.41, 5.74) is 1.04. The summed E-state index contributed by atoms with van der Waals surface area (Å²) < 4.78 is 16.6. The summed E-state index contributed by atoms with van der Waals surface area (Å²) >= 11 is 0. The number of para-hydroxylation sites is 1. The van der Waals surface area contributed by atoms with Crippen molar-refractivity contribution in [1.82, 2.24) is 0 Å². The smallest absolute Gasteiger partial charge is 0.265 e. The number of nitrogens with one attached hydrogen (secondary N) is 1. The number of aldehydes is 1. The molecule has 0 bridgehead atoms. The molecule has 0 aliphatic heterocycles. The Kier molecular flexibility index (Phi) is 6.47. The fourth-order valence-electron chi connectivity index (χ4n) is 2.58. The van der Waals surface area contributed by atoms with Gasteiger partial charge in [-0.25, -0.2) is 0 Å². The highest BCUT2D eigenvalue weighted by atomic mass is 16.5. The Morgan fingerprint density at radius 1 is 0.931 bits per heavy atom. The molecule has 1 atom stereocenters. The molecule has 0 aliphatic carbocycles. The zero-order valence-corrected chi connectivity index (χ0v) is 16.1. The van der Waals surface area contributed by atoms with Crippen molar-refractivity contribution in [2.75, 3.05) is 12.4 Å². The third kappa shape index (κ3) is 5.35. The van der Waals surface area contributed by atoms with Crippen molar-refractivity contribution < 1.29 is 23.8 Å². The number of carbonyl (C=O) groups excluding carboxylic acids is 2. The largest absolute Gasteiger partial charge is 0.493 e. The van der Waals surface area contributed by atoms with Crippen LogP contribution < -0.4 is 19.5 Å². The van der Waals surface area contributed by atoms with Gasteiger partial charge in [-0.1, -0.05) is 18.2 Å². The van der Waals surface area contributed by atoms with Crippen LogP contribution in [0.4, 0.5) is 5.69 Å². The third-order valence-electron chi connectivity index (χ3n) is 4.10. The molecule has 0 aliphatic rings. The van der Waals surface area contributed by atoms with Crippen LogP contribution >= 0.6 is 0 Å². The molecule has 1 N–H and O–H groups in total. The molecule has 0 radical (unpaired) electrons. The van der Waals surface area contributed by atoms with Crippen LogP contribution in [0, 0.1) is 0 Å². The number of methoxy groups -OCH3 is 1. The predicted octanol–water partition coefficient (Wildman–Crippen LogP) is 4.71. The number of hydrogen-bond donors (Lipinski definition) is 1. The number of ether oxygens (including phenoxy) is 3. The molecule has 0 spiro atoms. The van der Waals surface area contributed by atoms with Gasteiger partial charge in [-0.2, -0.15) is 0 Å². The molecule has 0 saturated carbocycles. The van der Waals surface area contributed by atoms with Crippen molar-refractivity contribution in [3.8, 4) is 23.0 Å². The van der Waals surface area contributed by atoms with Crippen LogP contribution in [0.1, 0.15) is 17.3 Å². The predicted molar refractivity (Wildman–Crippen MR) is 110 cm³/mol. The van der Waals surface area contributed by atoms with Crippen LogP contribution in [0.3, 0.4) is 0 Å². The van der Waals surface area contributed by atoms with Gasteiger partial charge in [-0.3, -0.25) is 9.59 Å². The lowest BCUT2D eigenvalue weighted by molar-refractivity contribution is -0.122. The van der Waals surface area contributed by atoms with Crippen molar-refractivity contribution in [3.63, 3.8) is 0 Å². The van der Waals surface area contributed by atoms with Gasteiger partial charge < -0.3 is 19.5 Å². The van der Waals surface area contributed by atoms with Gasteiger partial charge in [0.05, 0.1) is 7.11 Å². The molecule has 6 nitrogen and oxygen atoms in total. The number of anilines is 1. The van der Waals surface area contributed by atoms with Gasteiger partial charge in [0, 0.05) is 11.3 Å². The van der Waals surface area contributed by atoms with E-state index in [-0.39, 0.29) is 5.91 Å². The van der Waals surface area contributed by atoms with Gasteiger partial charge >= 0.3 is 0 Å². The van der Waals surface area contributed by atoms with Crippen LogP contribution in [-0.2, 0) is 4.79 Å². The van der Waals surface area contributed by atoms with Crippen LogP contribution in [0.2, 0.25) is 0 Å². The summed E-state index contributed by atoms with van der Waals surface area (Å²) in [6, 6.07) is 21.2. The number of hydrogen-bond acceptors (Lipinski definition) is 5. The molecule has 148 valence electrons. The van der Waals surface area contributed by atoms with E-state index in [0.717, 1.165) is 5.75 Å². The zero-order chi connectivity index (χ0) is 20.6. The van der Waals surface area contributed by atoms with E-state index in [0.29, 0.717) is 34.8 Å². The van der Waals surface area contributed by atoms with Crippen molar-refractivity contribution in [2.45, 2.75) is 13.0 Å². The summed E-state index contributed by atoms with van der Waals surface area (Å²) in [6.07, 6.45) is -0.0955. The topological polar surface area (TPSA) is 73.9 Å². The Labute approximate surface area is 169 Å². The van der Waals surface area contributed by atoms with Gasteiger partial charge in [-0.15, -0.1) is 0 Å². The normalized spacial score (nSPS) is 11.2. The Morgan fingerprint density at radius 2 is 1.62 bits per heavy atom. The first-order valence-corrected chi connectivity index (χ1v) is 9.03. The average Bonchev–Trinajstić information content (AvgIpc) is 2.75. The number of rotatable bonds is 8. The second-order valence-corrected chi connectivity index (χ2v) is 6.22. The summed E-state index contributed by atoms with van der Waals surface area (Å²) in [7, 11) is 1.49. The first-order valence-electron chi connectivity index (χ1n) is 9.03. The summed E-state index contributed by atoms with van der Waals surface area (Å²) in [4.78, 5) is 23.4. The maximum Gasteiger partial charge on any atom is 0.265 e. The Hall–Kier alpha value is -3.80. The van der Waals surface area contributed by atoms with E-state index in [1.54, 1.807) is 43.3 Å². The first kappa shape index (κ1) is 19.9. The van der Waals surface area contributed by atoms with Gasteiger partial charge in [0.2, 0.25) is 0 Å². The van der Waals surface area contributed by atoms with E-state index in [1.165, 1.54) is 13.2 Å². The Morgan fingerprint density at radius 3 is 2.28 bits per heavy atom. The highest BCUT2D eigenvalue weighted by Gasteiger charge is 2.17. The number of amides is 1. The zero-order valence-electron chi connectivity index (χ0n) is 16.1. The molecule has 0 heterocycles. The van der Waals surface area contributed by atoms with Gasteiger partial charge in [0.15, 0.2) is 17.6 Å². The Bertz CT molecular complexity index is 970. The van der Waals surface area contributed by atoms with Crippen molar-refractivity contribution in [2.24, 2.45) is 0 Å². The fourth-order valence-corrected chi connectivity index (χ4v) is 2.58. The molecule has 1 amide bonds. The lowest BCUT2D eigenvalue weighted by Gasteiger charge is -2.17. The summed E-state index contributed by atoms with van der Waals surface area (Å²) in [5, 5.41) is 2.79. The van der Waals surface area contributed by atoms with Crippen LogP contribution in [0.25, 0.3) is 0 Å². The van der Waals surface area contributed by atoms with Gasteiger partial charge in [-0.05, 0) is 61.5 Å². The minimum atomic E-state index is -0.800. The maximum atomic E-state index is 12.5. The van der Waals surface area contributed by atoms with E-state index in [4.69, 9.17) is 14.2 Å². The standard InChI is InChI=1S/C23H21NO5/c1-16(28-22-14-17(15-25)8-13-21(22)27-2)23(26)24-18-9-11-20(12-10-18)29-19-6-4-3-5-7-19/h3-16H,1-2H3,(H,24,26)/t16-/m0/s1. The quantitative estimate of drug-likeness (QED) is 0.563. The van der Waals surface area contributed by atoms with Crippen molar-refractivity contribution in [3.05, 3.63) is 78.4 Å². The molecule has 0 unspecified atom stereocenters. The molecule has 0 aromatic heterocycles. The average molecular weight is 391 g/mol. The second kappa shape index (κ2) is 9.41. The molecular weight excluding hydrogens is 370 g/mol. The maximum absolute atomic E-state index is 12.5. The first-order chi connectivity index (χ1) is 14.1. The summed E-state index contributed by atoms with van der Waals surface area (Å²) in [6.45, 7) is 1.62. The van der Waals surface area contributed by atoms with Gasteiger partial charge in [0.25, 0.3) is 5.91 Å². The molecular formula is C23H21NO5. The number of benzene rings is 3. The number of carbonyl (C=O) groups is 2. The highest BCUT2D eigenvalue weighted by molar-refractivity contribution is 5.94. The minimum Gasteiger partial charge on any atom is -0.493 e. The van der Waals surface area contributed by atoms with Crippen LogP contribution in [-0.4, -0.2) is 25.4 Å². The fraction of sp³-hybridized carbons (Fsp3) is 0.130. The van der Waals surface area contributed by atoms with E-state index < -0.39 is 6.10 Å². The van der Waals surface area contributed by atoms with E-state index in [1.807, 2.05) is 30.3 Å². The molecule has 3 aromatic rings. The monoisotopic (exact) mass is 391 g/mol. The van der Waals surface area contributed by atoms with E-state index in [2.05, 4.69) is 5.32 Å². The Balaban J connectivity index is 1.62. The van der Waals surface area contributed by atoms with E-state index in [9.17, 15) is 9.59 Å². The van der Waals surface area contributed by atoms with Gasteiger partial charge in [0.1, 0.15) is 17.8 Å². The molecule has 29 heavy (non-hydrogen) atoms. The summed E-state index contributed by atoms with van der Waals surface area (Å²) in [5.74, 6) is 1.83. The molecule has 3 aromatic carbocycles. The van der Waals surface area contributed by atoms with Crippen molar-refractivity contribution in [1.29, 1.82) is 0 Å². The second-order valence-electron chi connectivity index (χ2n) is 6.22. The van der Waals surface area contributed by atoms with E-state index >= 15 is 0 Å². The molecule has 0 fully saturated rings. The highest BCUT2D eigenvalue weighted by Crippen LogP contribution is 2.29. The van der Waals surface area contributed by atoms with Crippen molar-refractivity contribution >= 4 is 17.9 Å². The third-order valence-corrected chi connectivity index (χ3v) is 4.10. The minimum absolute atomic E-state index is 0.325. The lowest BCUT2D eigenvalue weighted by atomic mass is 10.2. The van der Waals surface area contributed by atoms with Crippen LogP contribution in [0.15, 0.2) is 72.8 Å². The molecule has 3 rings (SSSR count). The molecule has 0 saturated heterocycles. The lowest BCUT2D eigenvalue weighted by Crippen LogP contribution is -2.30. The SMILES string of the molecule is COc1ccc(C=O)cc1O[C@@H](C)C(=O)Nc1ccc(Oc2ccccc2)cc1. The molecule has 6 heteroatoms.